The molecule has 0 radical (unpaired) electrons. The number of fused-ring (bicyclic) bond motifs is 3. The summed E-state index contributed by atoms with van der Waals surface area (Å²) in [4.78, 5) is 0. The van der Waals surface area contributed by atoms with E-state index in [1.807, 2.05) is 18.2 Å². The average molecular weight is 297 g/mol. The van der Waals surface area contributed by atoms with Crippen molar-refractivity contribution < 1.29 is 0 Å². The standard InChI is InChI=1S/C22H19N/c1-22(2)19-11-7-6-10-17(19)18-13-12-16(14-20(18)22)21(23)15-8-4-3-5-9-15/h3-4,6-8,10-14,21H,23H2,1-2H3. The highest BCUT2D eigenvalue weighted by atomic mass is 14.6. The highest BCUT2D eigenvalue weighted by molar-refractivity contribution is 5.81. The second-order valence-corrected chi connectivity index (χ2v) is 6.70. The second kappa shape index (κ2) is 4.98. The summed E-state index contributed by atoms with van der Waals surface area (Å²) >= 11 is 0. The van der Waals surface area contributed by atoms with Crippen molar-refractivity contribution >= 4 is 0 Å². The van der Waals surface area contributed by atoms with E-state index >= 15 is 0 Å². The first-order chi connectivity index (χ1) is 11.1. The van der Waals surface area contributed by atoms with Crippen LogP contribution in [-0.4, -0.2) is 0 Å². The minimum absolute atomic E-state index is 0.00812. The molecule has 0 saturated carbocycles. The Hall–Kier alpha value is -2.56. The van der Waals surface area contributed by atoms with Crippen LogP contribution in [0.3, 0.4) is 0 Å². The summed E-state index contributed by atoms with van der Waals surface area (Å²) in [6.07, 6.45) is 0. The molecule has 0 bridgehead atoms. The van der Waals surface area contributed by atoms with E-state index in [1.165, 1.54) is 22.3 Å². The first-order valence-electron chi connectivity index (χ1n) is 7.97. The van der Waals surface area contributed by atoms with Gasteiger partial charge in [0.25, 0.3) is 0 Å². The molecule has 3 aromatic carbocycles. The van der Waals surface area contributed by atoms with Gasteiger partial charge in [0.2, 0.25) is 0 Å². The minimum Gasteiger partial charge on any atom is -0.320 e. The van der Waals surface area contributed by atoms with Crippen LogP contribution in [0.5, 0.6) is 0 Å². The molecule has 1 heteroatoms. The Balaban J connectivity index is 1.83. The van der Waals surface area contributed by atoms with Gasteiger partial charge in [0.05, 0.1) is 6.04 Å². The summed E-state index contributed by atoms with van der Waals surface area (Å²) in [5.74, 6) is 0. The Bertz CT molecular complexity index is 862. The maximum absolute atomic E-state index is 6.45. The van der Waals surface area contributed by atoms with E-state index in [9.17, 15) is 0 Å². The van der Waals surface area contributed by atoms with E-state index < -0.39 is 0 Å². The SMILES string of the molecule is CC1(C)c2ccccc2-c2ccc(C(N)c3c#cccc3)cc21. The fraction of sp³-hybridized carbons (Fsp3) is 0.182. The molecule has 0 aromatic heterocycles. The van der Waals surface area contributed by atoms with Gasteiger partial charge in [-0.2, -0.15) is 0 Å². The molecule has 0 saturated heterocycles. The van der Waals surface area contributed by atoms with Crippen LogP contribution in [0.2, 0.25) is 0 Å². The Morgan fingerprint density at radius 2 is 1.70 bits per heavy atom. The number of benzene rings is 2. The molecule has 1 aliphatic rings. The number of hydrogen-bond acceptors (Lipinski definition) is 1. The topological polar surface area (TPSA) is 26.0 Å². The van der Waals surface area contributed by atoms with Crippen LogP contribution >= 0.6 is 0 Å². The quantitative estimate of drug-likeness (QED) is 0.732. The zero-order valence-corrected chi connectivity index (χ0v) is 13.4. The van der Waals surface area contributed by atoms with Crippen molar-refractivity contribution in [3.05, 3.63) is 95.1 Å². The summed E-state index contributed by atoms with van der Waals surface area (Å²) in [7, 11) is 0. The summed E-state index contributed by atoms with van der Waals surface area (Å²) in [5, 5.41) is 0. The third-order valence-electron chi connectivity index (χ3n) is 4.97. The van der Waals surface area contributed by atoms with Crippen LogP contribution in [0.4, 0.5) is 0 Å². The third-order valence-corrected chi connectivity index (χ3v) is 4.97. The number of rotatable bonds is 2. The van der Waals surface area contributed by atoms with Crippen LogP contribution in [0, 0.1) is 12.1 Å². The van der Waals surface area contributed by atoms with Gasteiger partial charge in [0.15, 0.2) is 0 Å². The van der Waals surface area contributed by atoms with Gasteiger partial charge in [-0.05, 0) is 39.9 Å². The van der Waals surface area contributed by atoms with Crippen molar-refractivity contribution in [2.24, 2.45) is 5.73 Å². The summed E-state index contributed by atoms with van der Waals surface area (Å²) in [6, 6.07) is 27.0. The normalized spacial score (nSPS) is 15.4. The maximum Gasteiger partial charge on any atom is 0.0631 e. The lowest BCUT2D eigenvalue weighted by Gasteiger charge is -2.22. The first-order valence-corrected chi connectivity index (χ1v) is 7.97. The molecule has 1 unspecified atom stereocenters. The van der Waals surface area contributed by atoms with Gasteiger partial charge in [-0.3, -0.25) is 0 Å². The smallest absolute Gasteiger partial charge is 0.0631 e. The van der Waals surface area contributed by atoms with Crippen molar-refractivity contribution in [3.8, 4) is 11.1 Å². The van der Waals surface area contributed by atoms with E-state index in [4.69, 9.17) is 5.73 Å². The van der Waals surface area contributed by atoms with Crippen LogP contribution in [0.1, 0.15) is 42.1 Å². The molecule has 0 amide bonds. The van der Waals surface area contributed by atoms with E-state index in [-0.39, 0.29) is 11.5 Å². The van der Waals surface area contributed by atoms with Gasteiger partial charge in [-0.1, -0.05) is 74.5 Å². The van der Waals surface area contributed by atoms with Crippen molar-refractivity contribution in [1.82, 2.24) is 0 Å². The van der Waals surface area contributed by atoms with Gasteiger partial charge < -0.3 is 5.73 Å². The molecular weight excluding hydrogens is 278 g/mol. The van der Waals surface area contributed by atoms with Gasteiger partial charge in [-0.15, -0.1) is 0 Å². The van der Waals surface area contributed by atoms with Crippen molar-refractivity contribution in [1.29, 1.82) is 0 Å². The second-order valence-electron chi connectivity index (χ2n) is 6.70. The predicted molar refractivity (Wildman–Crippen MR) is 94.2 cm³/mol. The third kappa shape index (κ3) is 2.07. The molecular formula is C22H19N. The van der Waals surface area contributed by atoms with Gasteiger partial charge >= 0.3 is 0 Å². The van der Waals surface area contributed by atoms with Gasteiger partial charge in [0, 0.05) is 11.0 Å². The molecule has 0 aliphatic heterocycles. The molecule has 1 aliphatic carbocycles. The molecule has 4 rings (SSSR count). The largest absolute Gasteiger partial charge is 0.320 e. The van der Waals surface area contributed by atoms with Crippen LogP contribution < -0.4 is 5.73 Å². The molecule has 112 valence electrons. The van der Waals surface area contributed by atoms with E-state index in [1.54, 1.807) is 0 Å². The molecule has 23 heavy (non-hydrogen) atoms. The Kier molecular flexibility index (Phi) is 3.04. The lowest BCUT2D eigenvalue weighted by molar-refractivity contribution is 0.658. The van der Waals surface area contributed by atoms with Gasteiger partial charge in [-0.25, -0.2) is 0 Å². The Labute approximate surface area is 137 Å². The summed E-state index contributed by atoms with van der Waals surface area (Å²) in [6.45, 7) is 4.57. The van der Waals surface area contributed by atoms with Crippen LogP contribution in [0.15, 0.2) is 60.7 Å². The molecule has 1 nitrogen and oxygen atoms in total. The Morgan fingerprint density at radius 3 is 2.48 bits per heavy atom. The zero-order valence-electron chi connectivity index (χ0n) is 13.4. The molecule has 0 heterocycles. The van der Waals surface area contributed by atoms with Crippen molar-refractivity contribution in [3.63, 3.8) is 0 Å². The summed E-state index contributed by atoms with van der Waals surface area (Å²) < 4.78 is 0. The molecule has 0 fully saturated rings. The van der Waals surface area contributed by atoms with E-state index in [0.717, 1.165) is 11.1 Å². The highest BCUT2D eigenvalue weighted by Gasteiger charge is 2.35. The van der Waals surface area contributed by atoms with Crippen molar-refractivity contribution in [2.75, 3.05) is 0 Å². The van der Waals surface area contributed by atoms with Crippen LogP contribution in [0.25, 0.3) is 11.1 Å². The number of hydrogen-bond donors (Lipinski definition) is 1. The zero-order chi connectivity index (χ0) is 16.0. The van der Waals surface area contributed by atoms with E-state index in [2.05, 4.69) is 68.4 Å². The minimum atomic E-state index is -0.169. The fourth-order valence-electron chi connectivity index (χ4n) is 3.64. The molecule has 2 N–H and O–H groups in total. The predicted octanol–water partition coefficient (Wildman–Crippen LogP) is 4.64. The fourth-order valence-corrected chi connectivity index (χ4v) is 3.64. The highest BCUT2D eigenvalue weighted by Crippen LogP contribution is 2.49. The molecule has 0 spiro atoms. The van der Waals surface area contributed by atoms with E-state index in [0.29, 0.717) is 0 Å². The molecule has 1 atom stereocenters. The Morgan fingerprint density at radius 1 is 0.913 bits per heavy atom. The lowest BCUT2D eigenvalue weighted by atomic mass is 9.81. The monoisotopic (exact) mass is 297 g/mol. The summed E-state index contributed by atoms with van der Waals surface area (Å²) in [5.41, 5.74) is 14.0. The van der Waals surface area contributed by atoms with Crippen LogP contribution in [-0.2, 0) is 5.41 Å². The maximum atomic E-state index is 6.45. The first kappa shape index (κ1) is 14.1. The lowest BCUT2D eigenvalue weighted by Crippen LogP contribution is -2.17. The number of nitrogens with two attached hydrogens (primary N) is 1. The average Bonchev–Trinajstić information content (AvgIpc) is 2.83. The van der Waals surface area contributed by atoms with Crippen molar-refractivity contribution in [2.45, 2.75) is 25.3 Å². The molecule has 3 aromatic rings. The van der Waals surface area contributed by atoms with Gasteiger partial charge in [0.1, 0.15) is 0 Å².